The van der Waals surface area contributed by atoms with E-state index in [2.05, 4.69) is 0 Å². The molecule has 1 atom stereocenters. The summed E-state index contributed by atoms with van der Waals surface area (Å²) in [6.45, 7) is 0. The number of allylic oxidation sites excluding steroid dienone is 3. The van der Waals surface area contributed by atoms with Gasteiger partial charge in [-0.05, 0) is 6.42 Å². The number of alkyl halides is 1. The summed E-state index contributed by atoms with van der Waals surface area (Å²) in [6, 6.07) is 0. The summed E-state index contributed by atoms with van der Waals surface area (Å²) in [5.74, 6) is -0.725. The van der Waals surface area contributed by atoms with E-state index < -0.39 is 11.4 Å². The first-order valence-corrected chi connectivity index (χ1v) is 3.88. The summed E-state index contributed by atoms with van der Waals surface area (Å²) >= 11 is 5.57. The molecule has 1 aliphatic rings. The Hall–Kier alpha value is -0.760. The highest BCUT2D eigenvalue weighted by atomic mass is 35.5. The molecule has 0 amide bonds. The van der Waals surface area contributed by atoms with Crippen LogP contribution in [0.25, 0.3) is 0 Å². The van der Waals surface area contributed by atoms with E-state index in [-0.39, 0.29) is 5.88 Å². The van der Waals surface area contributed by atoms with Crippen LogP contribution in [0.15, 0.2) is 24.3 Å². The van der Waals surface area contributed by atoms with Gasteiger partial charge in [-0.25, -0.2) is 0 Å². The summed E-state index contributed by atoms with van der Waals surface area (Å²) in [5, 5.41) is 8.82. The summed E-state index contributed by atoms with van der Waals surface area (Å²) in [6.07, 6.45) is 7.49. The third-order valence-corrected chi connectivity index (χ3v) is 2.29. The molecule has 60 valence electrons. The number of hydrogen-bond donors (Lipinski definition) is 1. The first kappa shape index (κ1) is 8.34. The quantitative estimate of drug-likeness (QED) is 0.646. The molecule has 0 aromatic carbocycles. The first-order valence-electron chi connectivity index (χ1n) is 3.35. The van der Waals surface area contributed by atoms with Crippen LogP contribution in [0.4, 0.5) is 0 Å². The smallest absolute Gasteiger partial charge is 0.315 e. The SMILES string of the molecule is O=C(O)C1(CCl)C=CC=CC1. The predicted octanol–water partition coefficient (Wildman–Crippen LogP) is 1.81. The van der Waals surface area contributed by atoms with Crippen LogP contribution in [0, 0.1) is 5.41 Å². The number of carbonyl (C=O) groups is 1. The van der Waals surface area contributed by atoms with E-state index in [1.165, 1.54) is 0 Å². The van der Waals surface area contributed by atoms with E-state index in [1.54, 1.807) is 12.2 Å². The third-order valence-electron chi connectivity index (χ3n) is 1.81. The van der Waals surface area contributed by atoms with Gasteiger partial charge in [0.25, 0.3) is 0 Å². The number of halogens is 1. The highest BCUT2D eigenvalue weighted by Crippen LogP contribution is 2.29. The molecule has 1 aliphatic carbocycles. The molecule has 1 unspecified atom stereocenters. The van der Waals surface area contributed by atoms with E-state index >= 15 is 0 Å². The molecule has 11 heavy (non-hydrogen) atoms. The molecule has 2 nitrogen and oxygen atoms in total. The Balaban J connectivity index is 2.85. The Bertz CT molecular complexity index is 220. The van der Waals surface area contributed by atoms with Crippen LogP contribution in [0.3, 0.4) is 0 Å². The number of hydrogen-bond acceptors (Lipinski definition) is 1. The van der Waals surface area contributed by atoms with Gasteiger partial charge in [-0.2, -0.15) is 0 Å². The zero-order valence-corrected chi connectivity index (χ0v) is 6.71. The molecule has 0 radical (unpaired) electrons. The van der Waals surface area contributed by atoms with Crippen molar-refractivity contribution in [2.24, 2.45) is 5.41 Å². The van der Waals surface area contributed by atoms with Gasteiger partial charge in [0, 0.05) is 5.88 Å². The van der Waals surface area contributed by atoms with Crippen LogP contribution in [0.1, 0.15) is 6.42 Å². The normalized spacial score (nSPS) is 28.8. The summed E-state index contributed by atoms with van der Waals surface area (Å²) in [7, 11) is 0. The van der Waals surface area contributed by atoms with Crippen LogP contribution in [0.2, 0.25) is 0 Å². The van der Waals surface area contributed by atoms with E-state index in [4.69, 9.17) is 16.7 Å². The van der Waals surface area contributed by atoms with Crippen molar-refractivity contribution >= 4 is 17.6 Å². The molecule has 0 bridgehead atoms. The van der Waals surface area contributed by atoms with Crippen molar-refractivity contribution in [2.75, 3.05) is 5.88 Å². The summed E-state index contributed by atoms with van der Waals surface area (Å²) < 4.78 is 0. The van der Waals surface area contributed by atoms with Gasteiger partial charge < -0.3 is 5.11 Å². The molecule has 0 aromatic rings. The highest BCUT2D eigenvalue weighted by molar-refractivity contribution is 6.20. The fourth-order valence-electron chi connectivity index (χ4n) is 0.980. The Kier molecular flexibility index (Phi) is 2.35. The maximum absolute atomic E-state index is 10.7. The standard InChI is InChI=1S/C8H9ClO2/c9-6-8(7(10)11)4-2-1-3-5-8/h1-4H,5-6H2,(H,10,11). The van der Waals surface area contributed by atoms with Crippen LogP contribution in [0.5, 0.6) is 0 Å². The van der Waals surface area contributed by atoms with Crippen LogP contribution in [-0.2, 0) is 4.79 Å². The van der Waals surface area contributed by atoms with E-state index in [0.717, 1.165) is 0 Å². The van der Waals surface area contributed by atoms with Gasteiger partial charge >= 0.3 is 5.97 Å². The maximum Gasteiger partial charge on any atom is 0.315 e. The van der Waals surface area contributed by atoms with E-state index in [1.807, 2.05) is 12.2 Å². The van der Waals surface area contributed by atoms with Crippen LogP contribution >= 0.6 is 11.6 Å². The Labute approximate surface area is 70.2 Å². The lowest BCUT2D eigenvalue weighted by atomic mass is 9.84. The molecule has 0 spiro atoms. The first-order chi connectivity index (χ1) is 5.21. The monoisotopic (exact) mass is 172 g/mol. The Morgan fingerprint density at radius 1 is 1.64 bits per heavy atom. The molecule has 0 fully saturated rings. The zero-order valence-electron chi connectivity index (χ0n) is 5.96. The van der Waals surface area contributed by atoms with Gasteiger partial charge in [-0.15, -0.1) is 11.6 Å². The van der Waals surface area contributed by atoms with Gasteiger partial charge in [-0.3, -0.25) is 4.79 Å². The van der Waals surface area contributed by atoms with Crippen molar-refractivity contribution in [3.05, 3.63) is 24.3 Å². The predicted molar refractivity (Wildman–Crippen MR) is 43.7 cm³/mol. The minimum Gasteiger partial charge on any atom is -0.481 e. The summed E-state index contributed by atoms with van der Waals surface area (Å²) in [4.78, 5) is 10.7. The zero-order chi connectivity index (χ0) is 8.32. The summed E-state index contributed by atoms with van der Waals surface area (Å²) in [5.41, 5.74) is -0.865. The fourth-order valence-corrected chi connectivity index (χ4v) is 1.29. The van der Waals surface area contributed by atoms with Gasteiger partial charge in [-0.1, -0.05) is 24.3 Å². The van der Waals surface area contributed by atoms with Gasteiger partial charge in [0.1, 0.15) is 5.41 Å². The fraction of sp³-hybridized carbons (Fsp3) is 0.375. The van der Waals surface area contributed by atoms with Crippen molar-refractivity contribution < 1.29 is 9.90 Å². The van der Waals surface area contributed by atoms with Gasteiger partial charge in [0.05, 0.1) is 0 Å². The van der Waals surface area contributed by atoms with Crippen molar-refractivity contribution in [1.29, 1.82) is 0 Å². The number of aliphatic carboxylic acids is 1. The van der Waals surface area contributed by atoms with Crippen LogP contribution < -0.4 is 0 Å². The lowest BCUT2D eigenvalue weighted by Gasteiger charge is -2.22. The largest absolute Gasteiger partial charge is 0.481 e. The topological polar surface area (TPSA) is 37.3 Å². The molecule has 0 aliphatic heterocycles. The van der Waals surface area contributed by atoms with E-state index in [0.29, 0.717) is 6.42 Å². The molecule has 3 heteroatoms. The molecule has 1 N–H and O–H groups in total. The Morgan fingerprint density at radius 2 is 2.36 bits per heavy atom. The molecule has 0 saturated heterocycles. The van der Waals surface area contributed by atoms with E-state index in [9.17, 15) is 4.79 Å². The number of rotatable bonds is 2. The molecule has 0 aromatic heterocycles. The number of carboxylic acid groups (broad SMARTS) is 1. The second-order valence-corrected chi connectivity index (χ2v) is 2.85. The molecule has 0 heterocycles. The molecule has 0 saturated carbocycles. The second kappa shape index (κ2) is 3.09. The highest BCUT2D eigenvalue weighted by Gasteiger charge is 2.34. The Morgan fingerprint density at radius 3 is 2.64 bits per heavy atom. The third kappa shape index (κ3) is 1.46. The number of carboxylic acids is 1. The molecular weight excluding hydrogens is 164 g/mol. The lowest BCUT2D eigenvalue weighted by molar-refractivity contribution is -0.144. The second-order valence-electron chi connectivity index (χ2n) is 2.59. The average Bonchev–Trinajstić information content (AvgIpc) is 2.05. The molecule has 1 rings (SSSR count). The molecular formula is C8H9ClO2. The van der Waals surface area contributed by atoms with Crippen molar-refractivity contribution in [1.82, 2.24) is 0 Å². The van der Waals surface area contributed by atoms with Crippen molar-refractivity contribution in [2.45, 2.75) is 6.42 Å². The minimum atomic E-state index is -0.865. The lowest BCUT2D eigenvalue weighted by Crippen LogP contribution is -2.31. The van der Waals surface area contributed by atoms with Gasteiger partial charge in [0.2, 0.25) is 0 Å². The minimum absolute atomic E-state index is 0.128. The van der Waals surface area contributed by atoms with Crippen LogP contribution in [-0.4, -0.2) is 17.0 Å². The van der Waals surface area contributed by atoms with Crippen molar-refractivity contribution in [3.8, 4) is 0 Å². The maximum atomic E-state index is 10.7. The van der Waals surface area contributed by atoms with Crippen molar-refractivity contribution in [3.63, 3.8) is 0 Å². The van der Waals surface area contributed by atoms with Gasteiger partial charge in [0.15, 0.2) is 0 Å². The average molecular weight is 173 g/mol.